The lowest BCUT2D eigenvalue weighted by Crippen LogP contribution is -2.13. The van der Waals surface area contributed by atoms with Gasteiger partial charge >= 0.3 is 0 Å². The van der Waals surface area contributed by atoms with Gasteiger partial charge in [0.15, 0.2) is 0 Å². The summed E-state index contributed by atoms with van der Waals surface area (Å²) in [6.07, 6.45) is 5.07. The van der Waals surface area contributed by atoms with Crippen LogP contribution in [-0.2, 0) is 6.54 Å². The molecule has 3 rings (SSSR count). The first-order valence-corrected chi connectivity index (χ1v) is 7.36. The van der Waals surface area contributed by atoms with E-state index in [9.17, 15) is 9.18 Å². The van der Waals surface area contributed by atoms with Crippen molar-refractivity contribution in [2.24, 2.45) is 0 Å². The molecule has 0 aliphatic rings. The zero-order valence-corrected chi connectivity index (χ0v) is 12.7. The molecule has 0 saturated carbocycles. The van der Waals surface area contributed by atoms with Crippen molar-refractivity contribution < 1.29 is 9.18 Å². The summed E-state index contributed by atoms with van der Waals surface area (Å²) in [7, 11) is 0. The van der Waals surface area contributed by atoms with Crippen molar-refractivity contribution in [3.05, 3.63) is 84.2 Å². The van der Waals surface area contributed by atoms with Gasteiger partial charge in [-0.3, -0.25) is 9.78 Å². The molecule has 0 atom stereocenters. The Hall–Kier alpha value is -3.28. The minimum atomic E-state index is -0.351. The Kier molecular flexibility index (Phi) is 4.76. The predicted octanol–water partition coefficient (Wildman–Crippen LogP) is 3.48. The molecule has 0 aliphatic carbocycles. The van der Waals surface area contributed by atoms with Gasteiger partial charge in [0.25, 0.3) is 5.91 Å². The smallest absolute Gasteiger partial charge is 0.274 e. The van der Waals surface area contributed by atoms with E-state index in [-0.39, 0.29) is 17.4 Å². The van der Waals surface area contributed by atoms with Crippen molar-refractivity contribution >= 4 is 17.3 Å². The monoisotopic (exact) mass is 322 g/mol. The fourth-order valence-corrected chi connectivity index (χ4v) is 2.07. The molecular formula is C18H15FN4O. The summed E-state index contributed by atoms with van der Waals surface area (Å²) in [5, 5.41) is 5.89. The SMILES string of the molecule is O=C(Nc1ccc(F)cc1)c1ccc(NCc2ccncc2)cn1. The number of hydrogen-bond acceptors (Lipinski definition) is 4. The third-order valence-corrected chi connectivity index (χ3v) is 3.34. The van der Waals surface area contributed by atoms with Crippen molar-refractivity contribution in [1.29, 1.82) is 0 Å². The summed E-state index contributed by atoms with van der Waals surface area (Å²) in [4.78, 5) is 20.2. The second kappa shape index (κ2) is 7.32. The van der Waals surface area contributed by atoms with Crippen molar-refractivity contribution in [3.63, 3.8) is 0 Å². The van der Waals surface area contributed by atoms with E-state index in [1.807, 2.05) is 12.1 Å². The van der Waals surface area contributed by atoms with Crippen LogP contribution in [0.3, 0.4) is 0 Å². The van der Waals surface area contributed by atoms with Crippen LogP contribution in [0.1, 0.15) is 16.1 Å². The fourth-order valence-electron chi connectivity index (χ4n) is 2.07. The van der Waals surface area contributed by atoms with Gasteiger partial charge in [-0.1, -0.05) is 0 Å². The molecule has 0 fully saturated rings. The van der Waals surface area contributed by atoms with Crippen LogP contribution in [0.15, 0.2) is 67.1 Å². The molecule has 0 aliphatic heterocycles. The number of halogens is 1. The number of hydrogen-bond donors (Lipinski definition) is 2. The van der Waals surface area contributed by atoms with Gasteiger partial charge in [-0.15, -0.1) is 0 Å². The van der Waals surface area contributed by atoms with Crippen LogP contribution in [0.5, 0.6) is 0 Å². The molecule has 120 valence electrons. The number of rotatable bonds is 5. The lowest BCUT2D eigenvalue weighted by Gasteiger charge is -2.08. The van der Waals surface area contributed by atoms with Gasteiger partial charge in [-0.05, 0) is 54.1 Å². The number of carbonyl (C=O) groups is 1. The highest BCUT2D eigenvalue weighted by molar-refractivity contribution is 6.02. The molecule has 0 saturated heterocycles. The lowest BCUT2D eigenvalue weighted by atomic mass is 10.2. The molecule has 2 N–H and O–H groups in total. The van der Waals surface area contributed by atoms with E-state index in [1.165, 1.54) is 24.3 Å². The van der Waals surface area contributed by atoms with E-state index in [0.717, 1.165) is 11.3 Å². The van der Waals surface area contributed by atoms with Gasteiger partial charge in [-0.2, -0.15) is 0 Å². The molecule has 0 radical (unpaired) electrons. The Morgan fingerprint density at radius 1 is 0.958 bits per heavy atom. The Morgan fingerprint density at radius 3 is 2.33 bits per heavy atom. The van der Waals surface area contributed by atoms with E-state index in [0.29, 0.717) is 12.2 Å². The molecule has 5 nitrogen and oxygen atoms in total. The van der Waals surface area contributed by atoms with Gasteiger partial charge < -0.3 is 10.6 Å². The van der Waals surface area contributed by atoms with Crippen LogP contribution in [0.4, 0.5) is 15.8 Å². The maximum absolute atomic E-state index is 12.9. The number of nitrogens with one attached hydrogen (secondary N) is 2. The molecule has 3 aromatic rings. The Morgan fingerprint density at radius 2 is 1.67 bits per heavy atom. The summed E-state index contributed by atoms with van der Waals surface area (Å²) in [6, 6.07) is 12.8. The van der Waals surface area contributed by atoms with Crippen molar-refractivity contribution in [2.45, 2.75) is 6.54 Å². The first-order valence-electron chi connectivity index (χ1n) is 7.36. The number of pyridine rings is 2. The average molecular weight is 322 g/mol. The summed E-state index contributed by atoms with van der Waals surface area (Å²) >= 11 is 0. The van der Waals surface area contributed by atoms with Crippen molar-refractivity contribution in [3.8, 4) is 0 Å². The predicted molar refractivity (Wildman–Crippen MR) is 90.2 cm³/mol. The largest absolute Gasteiger partial charge is 0.380 e. The van der Waals surface area contributed by atoms with Gasteiger partial charge in [0.05, 0.1) is 11.9 Å². The maximum atomic E-state index is 12.9. The van der Waals surface area contributed by atoms with Gasteiger partial charge in [-0.25, -0.2) is 9.37 Å². The molecule has 0 spiro atoms. The summed E-state index contributed by atoms with van der Waals surface area (Å²) in [5.41, 5.74) is 2.71. The van der Waals surface area contributed by atoms with Crippen LogP contribution in [0, 0.1) is 5.82 Å². The number of benzene rings is 1. The zero-order chi connectivity index (χ0) is 16.8. The first kappa shape index (κ1) is 15.6. The second-order valence-electron chi connectivity index (χ2n) is 5.10. The second-order valence-corrected chi connectivity index (χ2v) is 5.10. The molecule has 6 heteroatoms. The quantitative estimate of drug-likeness (QED) is 0.755. The highest BCUT2D eigenvalue weighted by atomic mass is 19.1. The fraction of sp³-hybridized carbons (Fsp3) is 0.0556. The minimum absolute atomic E-state index is 0.286. The minimum Gasteiger partial charge on any atom is -0.380 e. The summed E-state index contributed by atoms with van der Waals surface area (Å²) < 4.78 is 12.9. The highest BCUT2D eigenvalue weighted by Gasteiger charge is 2.07. The zero-order valence-electron chi connectivity index (χ0n) is 12.7. The van der Waals surface area contributed by atoms with Crippen LogP contribution < -0.4 is 10.6 Å². The van der Waals surface area contributed by atoms with Gasteiger partial charge in [0.2, 0.25) is 0 Å². The maximum Gasteiger partial charge on any atom is 0.274 e. The van der Waals surface area contributed by atoms with Gasteiger partial charge in [0.1, 0.15) is 11.5 Å². The Bertz CT molecular complexity index is 805. The van der Waals surface area contributed by atoms with Crippen LogP contribution in [0.2, 0.25) is 0 Å². The lowest BCUT2D eigenvalue weighted by molar-refractivity contribution is 0.102. The number of carbonyl (C=O) groups excluding carboxylic acids is 1. The molecule has 24 heavy (non-hydrogen) atoms. The molecule has 2 aromatic heterocycles. The number of aromatic nitrogens is 2. The standard InChI is InChI=1S/C18H15FN4O/c19-14-1-3-15(4-2-14)23-18(24)17-6-5-16(12-22-17)21-11-13-7-9-20-10-8-13/h1-10,12,21H,11H2,(H,23,24). The Labute approximate surface area is 138 Å². The van der Waals surface area contributed by atoms with Crippen LogP contribution in [0.25, 0.3) is 0 Å². The number of nitrogens with zero attached hydrogens (tertiary/aromatic N) is 2. The van der Waals surface area contributed by atoms with Gasteiger partial charge in [0, 0.05) is 24.6 Å². The number of amides is 1. The van der Waals surface area contributed by atoms with E-state index in [1.54, 1.807) is 30.7 Å². The van der Waals surface area contributed by atoms with E-state index >= 15 is 0 Å². The Balaban J connectivity index is 1.59. The van der Waals surface area contributed by atoms with E-state index in [2.05, 4.69) is 20.6 Å². The molecule has 0 bridgehead atoms. The molecule has 1 amide bonds. The normalized spacial score (nSPS) is 10.2. The van der Waals surface area contributed by atoms with E-state index < -0.39 is 0 Å². The average Bonchev–Trinajstić information content (AvgIpc) is 2.63. The highest BCUT2D eigenvalue weighted by Crippen LogP contribution is 2.12. The molecule has 1 aromatic carbocycles. The van der Waals surface area contributed by atoms with Crippen molar-refractivity contribution in [2.75, 3.05) is 10.6 Å². The third-order valence-electron chi connectivity index (χ3n) is 3.34. The molecular weight excluding hydrogens is 307 g/mol. The third kappa shape index (κ3) is 4.13. The topological polar surface area (TPSA) is 66.9 Å². The number of anilines is 2. The van der Waals surface area contributed by atoms with Crippen LogP contribution in [-0.4, -0.2) is 15.9 Å². The van der Waals surface area contributed by atoms with Crippen LogP contribution >= 0.6 is 0 Å². The first-order chi connectivity index (χ1) is 11.7. The summed E-state index contributed by atoms with van der Waals surface area (Å²) in [6.45, 7) is 0.644. The van der Waals surface area contributed by atoms with Crippen molar-refractivity contribution in [1.82, 2.24) is 9.97 Å². The molecule has 0 unspecified atom stereocenters. The summed E-state index contributed by atoms with van der Waals surface area (Å²) in [5.74, 6) is -0.696. The van der Waals surface area contributed by atoms with E-state index in [4.69, 9.17) is 0 Å². The molecule has 2 heterocycles.